The van der Waals surface area contributed by atoms with Crippen LogP contribution in [0.3, 0.4) is 0 Å². The Morgan fingerprint density at radius 1 is 1.33 bits per heavy atom. The van der Waals surface area contributed by atoms with Crippen LogP contribution in [0.2, 0.25) is 0 Å². The third kappa shape index (κ3) is 3.41. The van der Waals surface area contributed by atoms with E-state index in [0.29, 0.717) is 6.61 Å². The Kier molecular flexibility index (Phi) is 4.51. The van der Waals surface area contributed by atoms with Gasteiger partial charge in [-0.15, -0.1) is 0 Å². The van der Waals surface area contributed by atoms with E-state index in [-0.39, 0.29) is 18.9 Å². The summed E-state index contributed by atoms with van der Waals surface area (Å²) in [5.41, 5.74) is 7.18. The SMILES string of the molecule is CCC(N)Cc1cc2c(cc1OC1CCCOC1)OCO2. The fourth-order valence-electron chi connectivity index (χ4n) is 2.65. The molecule has 3 rings (SSSR count). The van der Waals surface area contributed by atoms with Gasteiger partial charge in [-0.05, 0) is 37.3 Å². The van der Waals surface area contributed by atoms with E-state index in [1.54, 1.807) is 0 Å². The van der Waals surface area contributed by atoms with E-state index in [0.717, 1.165) is 55.1 Å². The Hall–Kier alpha value is -1.46. The van der Waals surface area contributed by atoms with E-state index in [1.165, 1.54) is 0 Å². The van der Waals surface area contributed by atoms with Crippen LogP contribution in [0, 0.1) is 0 Å². The Labute approximate surface area is 125 Å². The highest BCUT2D eigenvalue weighted by molar-refractivity contribution is 5.52. The maximum atomic E-state index is 6.14. The van der Waals surface area contributed by atoms with Gasteiger partial charge in [-0.2, -0.15) is 0 Å². The van der Waals surface area contributed by atoms with Crippen LogP contribution in [0.4, 0.5) is 0 Å². The largest absolute Gasteiger partial charge is 0.488 e. The Morgan fingerprint density at radius 3 is 2.86 bits per heavy atom. The summed E-state index contributed by atoms with van der Waals surface area (Å²) in [6.45, 7) is 3.83. The lowest BCUT2D eigenvalue weighted by molar-refractivity contribution is 0.00695. The van der Waals surface area contributed by atoms with Crippen molar-refractivity contribution >= 4 is 0 Å². The average Bonchev–Trinajstić information content (AvgIpc) is 2.95. The van der Waals surface area contributed by atoms with E-state index in [9.17, 15) is 0 Å². The first-order chi connectivity index (χ1) is 10.3. The molecule has 2 unspecified atom stereocenters. The summed E-state index contributed by atoms with van der Waals surface area (Å²) in [7, 11) is 0. The number of fused-ring (bicyclic) bond motifs is 1. The molecule has 2 heterocycles. The van der Waals surface area contributed by atoms with Crippen LogP contribution in [0.15, 0.2) is 12.1 Å². The fourth-order valence-corrected chi connectivity index (χ4v) is 2.65. The number of hydrogen-bond acceptors (Lipinski definition) is 5. The zero-order valence-corrected chi connectivity index (χ0v) is 12.5. The lowest BCUT2D eigenvalue weighted by Gasteiger charge is -2.25. The first-order valence-electron chi connectivity index (χ1n) is 7.68. The second-order valence-electron chi connectivity index (χ2n) is 5.64. The topological polar surface area (TPSA) is 62.9 Å². The highest BCUT2D eigenvalue weighted by Crippen LogP contribution is 2.39. The number of nitrogens with two attached hydrogens (primary N) is 1. The van der Waals surface area contributed by atoms with Crippen LogP contribution in [-0.4, -0.2) is 32.2 Å². The zero-order chi connectivity index (χ0) is 14.7. The van der Waals surface area contributed by atoms with Crippen LogP contribution in [0.1, 0.15) is 31.7 Å². The quantitative estimate of drug-likeness (QED) is 0.902. The monoisotopic (exact) mass is 293 g/mol. The maximum absolute atomic E-state index is 6.14. The van der Waals surface area contributed by atoms with Gasteiger partial charge in [0.1, 0.15) is 11.9 Å². The minimum absolute atomic E-state index is 0.107. The highest BCUT2D eigenvalue weighted by atomic mass is 16.7. The predicted molar refractivity (Wildman–Crippen MR) is 79.0 cm³/mol. The van der Waals surface area contributed by atoms with Crippen molar-refractivity contribution in [3.8, 4) is 17.2 Å². The van der Waals surface area contributed by atoms with Gasteiger partial charge in [-0.3, -0.25) is 0 Å². The number of benzene rings is 1. The molecule has 1 aromatic carbocycles. The number of hydrogen-bond donors (Lipinski definition) is 1. The lowest BCUT2D eigenvalue weighted by Crippen LogP contribution is -2.29. The van der Waals surface area contributed by atoms with E-state index >= 15 is 0 Å². The van der Waals surface area contributed by atoms with Gasteiger partial charge < -0.3 is 24.7 Å². The number of ether oxygens (including phenoxy) is 4. The van der Waals surface area contributed by atoms with Crippen LogP contribution in [0.5, 0.6) is 17.2 Å². The second-order valence-corrected chi connectivity index (χ2v) is 5.64. The average molecular weight is 293 g/mol. The Bertz CT molecular complexity index is 485. The van der Waals surface area contributed by atoms with E-state index in [4.69, 9.17) is 24.7 Å². The van der Waals surface area contributed by atoms with Crippen molar-refractivity contribution in [2.24, 2.45) is 5.73 Å². The molecule has 1 aromatic rings. The molecule has 0 aromatic heterocycles. The van der Waals surface area contributed by atoms with Crippen LogP contribution < -0.4 is 19.9 Å². The molecule has 5 nitrogen and oxygen atoms in total. The van der Waals surface area contributed by atoms with Gasteiger partial charge in [-0.1, -0.05) is 6.92 Å². The van der Waals surface area contributed by atoms with Gasteiger partial charge in [0, 0.05) is 18.7 Å². The summed E-state index contributed by atoms with van der Waals surface area (Å²) in [6, 6.07) is 4.04. The van der Waals surface area contributed by atoms with Gasteiger partial charge in [0.15, 0.2) is 11.5 Å². The summed E-state index contributed by atoms with van der Waals surface area (Å²) >= 11 is 0. The van der Waals surface area contributed by atoms with Crippen molar-refractivity contribution in [3.63, 3.8) is 0 Å². The zero-order valence-electron chi connectivity index (χ0n) is 12.5. The van der Waals surface area contributed by atoms with Crippen molar-refractivity contribution in [1.29, 1.82) is 0 Å². The van der Waals surface area contributed by atoms with Crippen molar-refractivity contribution in [3.05, 3.63) is 17.7 Å². The van der Waals surface area contributed by atoms with Gasteiger partial charge in [0.05, 0.1) is 6.61 Å². The van der Waals surface area contributed by atoms with Gasteiger partial charge in [-0.25, -0.2) is 0 Å². The molecule has 1 saturated heterocycles. The molecule has 0 spiro atoms. The third-order valence-electron chi connectivity index (χ3n) is 3.97. The Morgan fingerprint density at radius 2 is 2.14 bits per heavy atom. The van der Waals surface area contributed by atoms with E-state index in [2.05, 4.69) is 6.92 Å². The smallest absolute Gasteiger partial charge is 0.231 e. The first kappa shape index (κ1) is 14.5. The molecule has 1 fully saturated rings. The van der Waals surface area contributed by atoms with Crippen LogP contribution in [-0.2, 0) is 11.2 Å². The lowest BCUT2D eigenvalue weighted by atomic mass is 10.0. The predicted octanol–water partition coefficient (Wildman–Crippen LogP) is 2.25. The molecular weight excluding hydrogens is 270 g/mol. The van der Waals surface area contributed by atoms with Crippen molar-refractivity contribution in [1.82, 2.24) is 0 Å². The van der Waals surface area contributed by atoms with Crippen LogP contribution in [0.25, 0.3) is 0 Å². The normalized spacial score (nSPS) is 22.1. The summed E-state index contributed by atoms with van der Waals surface area (Å²) < 4.78 is 22.5. The summed E-state index contributed by atoms with van der Waals surface area (Å²) in [4.78, 5) is 0. The van der Waals surface area contributed by atoms with E-state index in [1.807, 2.05) is 12.1 Å². The molecule has 0 bridgehead atoms. The van der Waals surface area contributed by atoms with Crippen molar-refractivity contribution in [2.75, 3.05) is 20.0 Å². The van der Waals surface area contributed by atoms with E-state index < -0.39 is 0 Å². The molecule has 21 heavy (non-hydrogen) atoms. The van der Waals surface area contributed by atoms with Gasteiger partial charge in [0.25, 0.3) is 0 Å². The molecule has 2 aliphatic heterocycles. The molecule has 5 heteroatoms. The molecule has 2 N–H and O–H groups in total. The molecule has 0 saturated carbocycles. The maximum Gasteiger partial charge on any atom is 0.231 e. The first-order valence-corrected chi connectivity index (χ1v) is 7.68. The van der Waals surface area contributed by atoms with Gasteiger partial charge >= 0.3 is 0 Å². The minimum atomic E-state index is 0.107. The summed E-state index contributed by atoms with van der Waals surface area (Å²) in [5, 5.41) is 0. The van der Waals surface area contributed by atoms with Gasteiger partial charge in [0.2, 0.25) is 6.79 Å². The molecule has 116 valence electrons. The Balaban J connectivity index is 1.81. The van der Waals surface area contributed by atoms with Crippen LogP contribution >= 0.6 is 0 Å². The molecule has 0 radical (unpaired) electrons. The fraction of sp³-hybridized carbons (Fsp3) is 0.625. The third-order valence-corrected chi connectivity index (χ3v) is 3.97. The highest BCUT2D eigenvalue weighted by Gasteiger charge is 2.22. The molecule has 0 aliphatic carbocycles. The summed E-state index contributed by atoms with van der Waals surface area (Å²) in [5.74, 6) is 2.37. The standard InChI is InChI=1S/C16H23NO4/c1-2-12(17)6-11-7-15-16(20-10-19-15)8-14(11)21-13-4-3-5-18-9-13/h7-8,12-13H,2-6,9-10,17H2,1H3. The molecule has 2 atom stereocenters. The number of rotatable bonds is 5. The van der Waals surface area contributed by atoms with Crippen molar-refractivity contribution in [2.45, 2.75) is 44.8 Å². The minimum Gasteiger partial charge on any atom is -0.488 e. The second kappa shape index (κ2) is 6.54. The summed E-state index contributed by atoms with van der Waals surface area (Å²) in [6.07, 6.45) is 3.87. The molecular formula is C16H23NO4. The molecule has 2 aliphatic rings. The van der Waals surface area contributed by atoms with Crippen molar-refractivity contribution < 1.29 is 18.9 Å². The molecule has 0 amide bonds.